The Labute approximate surface area is 169 Å². The number of carbonyl (C=O) groups excluding carboxylic acids is 2. The SMILES string of the molecule is COc1ccc(NC(=O)c2nc(C(=O)N3CCCC3)n3c2CCCC3)c(OC)c1. The van der Waals surface area contributed by atoms with Crippen molar-refractivity contribution in [1.29, 1.82) is 0 Å². The Hall–Kier alpha value is -3.03. The molecular weight excluding hydrogens is 372 g/mol. The van der Waals surface area contributed by atoms with Gasteiger partial charge in [0.1, 0.15) is 11.5 Å². The predicted molar refractivity (Wildman–Crippen MR) is 108 cm³/mol. The van der Waals surface area contributed by atoms with Crippen LogP contribution in [0.5, 0.6) is 11.5 Å². The first kappa shape index (κ1) is 19.3. The highest BCUT2D eigenvalue weighted by Gasteiger charge is 2.31. The van der Waals surface area contributed by atoms with Crippen LogP contribution in [-0.4, -0.2) is 53.6 Å². The number of likely N-dealkylation sites (tertiary alicyclic amines) is 1. The lowest BCUT2D eigenvalue weighted by atomic mass is 10.1. The van der Waals surface area contributed by atoms with Gasteiger partial charge in [-0.3, -0.25) is 9.59 Å². The zero-order valence-corrected chi connectivity index (χ0v) is 16.9. The van der Waals surface area contributed by atoms with E-state index in [4.69, 9.17) is 9.47 Å². The van der Waals surface area contributed by atoms with Crippen molar-refractivity contribution in [1.82, 2.24) is 14.5 Å². The van der Waals surface area contributed by atoms with Gasteiger partial charge in [-0.2, -0.15) is 0 Å². The van der Waals surface area contributed by atoms with E-state index in [9.17, 15) is 9.59 Å². The smallest absolute Gasteiger partial charge is 0.289 e. The molecule has 0 unspecified atom stereocenters. The van der Waals surface area contributed by atoms with Crippen molar-refractivity contribution in [2.75, 3.05) is 32.6 Å². The molecule has 0 bridgehead atoms. The Morgan fingerprint density at radius 1 is 1.03 bits per heavy atom. The van der Waals surface area contributed by atoms with Crippen molar-refractivity contribution in [3.05, 3.63) is 35.4 Å². The highest BCUT2D eigenvalue weighted by Crippen LogP contribution is 2.30. The van der Waals surface area contributed by atoms with E-state index in [2.05, 4.69) is 10.3 Å². The molecule has 4 rings (SSSR count). The average molecular weight is 398 g/mol. The number of hydrogen-bond donors (Lipinski definition) is 1. The van der Waals surface area contributed by atoms with E-state index in [0.717, 1.165) is 57.4 Å². The number of aromatic nitrogens is 2. The van der Waals surface area contributed by atoms with Gasteiger partial charge in [-0.15, -0.1) is 0 Å². The fourth-order valence-corrected chi connectivity index (χ4v) is 4.03. The van der Waals surface area contributed by atoms with Crippen molar-refractivity contribution < 1.29 is 19.1 Å². The summed E-state index contributed by atoms with van der Waals surface area (Å²) in [5.74, 6) is 1.11. The van der Waals surface area contributed by atoms with Crippen molar-refractivity contribution >= 4 is 17.5 Å². The van der Waals surface area contributed by atoms with Gasteiger partial charge in [0.25, 0.3) is 11.8 Å². The van der Waals surface area contributed by atoms with E-state index in [1.54, 1.807) is 25.3 Å². The highest BCUT2D eigenvalue weighted by molar-refractivity contribution is 6.05. The Kier molecular flexibility index (Phi) is 5.42. The van der Waals surface area contributed by atoms with Crippen LogP contribution in [-0.2, 0) is 13.0 Å². The molecule has 0 saturated carbocycles. The first-order valence-electron chi connectivity index (χ1n) is 10.0. The number of anilines is 1. The first-order valence-corrected chi connectivity index (χ1v) is 10.0. The summed E-state index contributed by atoms with van der Waals surface area (Å²) in [6.45, 7) is 2.23. The number of methoxy groups -OCH3 is 2. The number of carbonyl (C=O) groups is 2. The van der Waals surface area contributed by atoms with Gasteiger partial charge in [0, 0.05) is 25.7 Å². The summed E-state index contributed by atoms with van der Waals surface area (Å²) >= 11 is 0. The fraction of sp³-hybridized carbons (Fsp3) is 0.476. The van der Waals surface area contributed by atoms with Gasteiger partial charge in [0.2, 0.25) is 0 Å². The van der Waals surface area contributed by atoms with Crippen molar-refractivity contribution in [3.8, 4) is 11.5 Å². The summed E-state index contributed by atoms with van der Waals surface area (Å²) in [7, 11) is 3.11. The van der Waals surface area contributed by atoms with Gasteiger partial charge in [0.05, 0.1) is 25.6 Å². The quantitative estimate of drug-likeness (QED) is 0.837. The summed E-state index contributed by atoms with van der Waals surface area (Å²) < 4.78 is 12.5. The molecule has 2 aliphatic rings. The number of benzene rings is 1. The van der Waals surface area contributed by atoms with E-state index in [1.807, 2.05) is 9.47 Å². The Morgan fingerprint density at radius 3 is 2.52 bits per heavy atom. The molecule has 1 saturated heterocycles. The van der Waals surface area contributed by atoms with E-state index in [0.29, 0.717) is 28.7 Å². The third-order valence-corrected chi connectivity index (χ3v) is 5.57. The minimum Gasteiger partial charge on any atom is -0.497 e. The Balaban J connectivity index is 1.64. The second-order valence-electron chi connectivity index (χ2n) is 7.36. The largest absolute Gasteiger partial charge is 0.497 e. The number of ether oxygens (including phenoxy) is 2. The van der Waals surface area contributed by atoms with E-state index in [1.165, 1.54) is 7.11 Å². The molecule has 8 nitrogen and oxygen atoms in total. The number of imidazole rings is 1. The number of rotatable bonds is 5. The molecule has 1 fully saturated rings. The average Bonchev–Trinajstić information content (AvgIpc) is 3.42. The molecule has 2 aromatic rings. The first-order chi connectivity index (χ1) is 14.1. The molecule has 0 atom stereocenters. The summed E-state index contributed by atoms with van der Waals surface area (Å²) in [6.07, 6.45) is 4.74. The van der Waals surface area contributed by atoms with Crippen LogP contribution in [0.2, 0.25) is 0 Å². The summed E-state index contributed by atoms with van der Waals surface area (Å²) in [5.41, 5.74) is 1.69. The van der Waals surface area contributed by atoms with E-state index < -0.39 is 0 Å². The molecule has 1 N–H and O–H groups in total. The van der Waals surface area contributed by atoms with Crippen LogP contribution in [0.4, 0.5) is 5.69 Å². The molecule has 0 aliphatic carbocycles. The molecular formula is C21H26N4O4. The normalized spacial score (nSPS) is 15.7. The third kappa shape index (κ3) is 3.66. The monoisotopic (exact) mass is 398 g/mol. The maximum atomic E-state index is 13.1. The molecule has 0 radical (unpaired) electrons. The number of hydrogen-bond acceptors (Lipinski definition) is 5. The van der Waals surface area contributed by atoms with Crippen molar-refractivity contribution in [2.24, 2.45) is 0 Å². The molecule has 29 heavy (non-hydrogen) atoms. The fourth-order valence-electron chi connectivity index (χ4n) is 4.03. The zero-order valence-electron chi connectivity index (χ0n) is 16.9. The van der Waals surface area contributed by atoms with Gasteiger partial charge in [-0.1, -0.05) is 0 Å². The van der Waals surface area contributed by atoms with Crippen LogP contribution >= 0.6 is 0 Å². The van der Waals surface area contributed by atoms with E-state index >= 15 is 0 Å². The second-order valence-corrected chi connectivity index (χ2v) is 7.36. The predicted octanol–water partition coefficient (Wildman–Crippen LogP) is 2.72. The maximum absolute atomic E-state index is 13.1. The lowest BCUT2D eigenvalue weighted by Crippen LogP contribution is -2.31. The van der Waals surface area contributed by atoms with Crippen LogP contribution in [0, 0.1) is 0 Å². The van der Waals surface area contributed by atoms with Crippen molar-refractivity contribution in [3.63, 3.8) is 0 Å². The van der Waals surface area contributed by atoms with E-state index in [-0.39, 0.29) is 11.8 Å². The molecule has 3 heterocycles. The minimum atomic E-state index is -0.334. The van der Waals surface area contributed by atoms with Gasteiger partial charge in [-0.25, -0.2) is 4.98 Å². The zero-order chi connectivity index (χ0) is 20.4. The number of nitrogens with one attached hydrogen (secondary N) is 1. The van der Waals surface area contributed by atoms with Crippen LogP contribution in [0.15, 0.2) is 18.2 Å². The number of nitrogens with zero attached hydrogens (tertiary/aromatic N) is 3. The number of fused-ring (bicyclic) bond motifs is 1. The van der Waals surface area contributed by atoms with Gasteiger partial charge in [-0.05, 0) is 44.2 Å². The minimum absolute atomic E-state index is 0.0771. The second kappa shape index (κ2) is 8.14. The van der Waals surface area contributed by atoms with Crippen molar-refractivity contribution in [2.45, 2.75) is 38.6 Å². The third-order valence-electron chi connectivity index (χ3n) is 5.57. The molecule has 2 aliphatic heterocycles. The van der Waals surface area contributed by atoms with Gasteiger partial charge >= 0.3 is 0 Å². The Morgan fingerprint density at radius 2 is 1.79 bits per heavy atom. The lowest BCUT2D eigenvalue weighted by Gasteiger charge is -2.19. The van der Waals surface area contributed by atoms with Crippen LogP contribution in [0.25, 0.3) is 0 Å². The number of amides is 2. The topological polar surface area (TPSA) is 85.7 Å². The summed E-state index contributed by atoms with van der Waals surface area (Å²) in [4.78, 5) is 32.4. The van der Waals surface area contributed by atoms with Gasteiger partial charge in [0.15, 0.2) is 11.5 Å². The lowest BCUT2D eigenvalue weighted by molar-refractivity contribution is 0.0774. The molecule has 154 valence electrons. The molecule has 2 amide bonds. The molecule has 1 aromatic carbocycles. The molecule has 1 aromatic heterocycles. The highest BCUT2D eigenvalue weighted by atomic mass is 16.5. The summed E-state index contributed by atoms with van der Waals surface area (Å²) in [6, 6.07) is 5.19. The maximum Gasteiger partial charge on any atom is 0.289 e. The summed E-state index contributed by atoms with van der Waals surface area (Å²) in [5, 5.41) is 2.88. The van der Waals surface area contributed by atoms with Crippen LogP contribution in [0.3, 0.4) is 0 Å². The van der Waals surface area contributed by atoms with Crippen LogP contribution < -0.4 is 14.8 Å². The standard InChI is InChI=1S/C21H26N4O4/c1-28-14-8-9-15(17(13-14)29-2)22-20(26)18-16-7-3-4-12-25(16)19(23-18)21(27)24-10-5-6-11-24/h8-9,13H,3-7,10-12H2,1-2H3,(H,22,26). The molecule has 8 heteroatoms. The Bertz CT molecular complexity index is 931. The molecule has 0 spiro atoms. The van der Waals surface area contributed by atoms with Gasteiger partial charge < -0.3 is 24.3 Å². The van der Waals surface area contributed by atoms with Crippen LogP contribution in [0.1, 0.15) is 52.5 Å².